The average molecular weight is 461 g/mol. The lowest BCUT2D eigenvalue weighted by molar-refractivity contribution is -0.116. The van der Waals surface area contributed by atoms with Crippen molar-refractivity contribution in [3.05, 3.63) is 78.5 Å². The van der Waals surface area contributed by atoms with Gasteiger partial charge in [-0.15, -0.1) is 0 Å². The number of hydrogen-bond donors (Lipinski definition) is 2. The number of hydrogen-bond acceptors (Lipinski definition) is 5. The van der Waals surface area contributed by atoms with E-state index >= 15 is 0 Å². The fourth-order valence-electron chi connectivity index (χ4n) is 3.84. The molecule has 1 aromatic heterocycles. The fourth-order valence-corrected chi connectivity index (χ4v) is 4.74. The third-order valence-electron chi connectivity index (χ3n) is 5.44. The smallest absolute Gasteiger partial charge is 0.254 e. The Bertz CT molecular complexity index is 1100. The lowest BCUT2D eigenvalue weighted by atomic mass is 10.2. The van der Waals surface area contributed by atoms with Crippen molar-refractivity contribution >= 4 is 35.0 Å². The zero-order chi connectivity index (χ0) is 23.0. The molecule has 1 aliphatic rings. The van der Waals surface area contributed by atoms with Gasteiger partial charge < -0.3 is 15.5 Å². The Balaban J connectivity index is 1.33. The van der Waals surface area contributed by atoms with E-state index in [1.54, 1.807) is 18.3 Å². The molecule has 7 heteroatoms. The molecule has 1 unspecified atom stereocenters. The Hall–Kier alpha value is -3.32. The molecule has 4 rings (SSSR count). The fraction of sp³-hybridized carbons (Fsp3) is 0.269. The summed E-state index contributed by atoms with van der Waals surface area (Å²) in [4.78, 5) is 33.2. The first kappa shape index (κ1) is 22.9. The lowest BCUT2D eigenvalue weighted by Crippen LogP contribution is -2.35. The SMILES string of the molecule is CC(CC(=O)Nc1cccc(N2CCCC2)c1)NC(=O)c1cccnc1Sc1ccccc1. The van der Waals surface area contributed by atoms with E-state index in [1.807, 2.05) is 55.5 Å². The Morgan fingerprint density at radius 1 is 1.03 bits per heavy atom. The summed E-state index contributed by atoms with van der Waals surface area (Å²) in [5.74, 6) is -0.371. The van der Waals surface area contributed by atoms with Crippen LogP contribution in [-0.4, -0.2) is 35.9 Å². The molecule has 6 nitrogen and oxygen atoms in total. The summed E-state index contributed by atoms with van der Waals surface area (Å²) in [6.07, 6.45) is 4.27. The average Bonchev–Trinajstić information content (AvgIpc) is 3.35. The summed E-state index contributed by atoms with van der Waals surface area (Å²) in [6.45, 7) is 3.94. The number of amides is 2. The lowest BCUT2D eigenvalue weighted by Gasteiger charge is -2.19. The van der Waals surface area contributed by atoms with Gasteiger partial charge in [-0.3, -0.25) is 9.59 Å². The molecule has 1 fully saturated rings. The van der Waals surface area contributed by atoms with Gasteiger partial charge in [0.05, 0.1) is 5.56 Å². The highest BCUT2D eigenvalue weighted by molar-refractivity contribution is 7.99. The van der Waals surface area contributed by atoms with Crippen LogP contribution in [0.2, 0.25) is 0 Å². The monoisotopic (exact) mass is 460 g/mol. The molecule has 0 radical (unpaired) electrons. The summed E-state index contributed by atoms with van der Waals surface area (Å²) in [5.41, 5.74) is 2.40. The molecule has 1 aliphatic heterocycles. The minimum atomic E-state index is -0.325. The van der Waals surface area contributed by atoms with Crippen LogP contribution in [0.25, 0.3) is 0 Å². The zero-order valence-electron chi connectivity index (χ0n) is 18.7. The maximum atomic E-state index is 12.9. The predicted octanol–water partition coefficient (Wildman–Crippen LogP) is 4.98. The number of benzene rings is 2. The van der Waals surface area contributed by atoms with Crippen LogP contribution in [0.1, 0.15) is 36.5 Å². The van der Waals surface area contributed by atoms with Gasteiger partial charge in [-0.25, -0.2) is 4.98 Å². The van der Waals surface area contributed by atoms with Crippen LogP contribution < -0.4 is 15.5 Å². The van der Waals surface area contributed by atoms with E-state index in [2.05, 4.69) is 26.6 Å². The standard InChI is InChI=1S/C26H28N4O2S/c1-19(17-24(31)29-20-9-7-10-21(18-20)30-15-5-6-16-30)28-25(32)23-13-8-14-27-26(23)33-22-11-3-2-4-12-22/h2-4,7-14,18-19H,5-6,15-17H2,1H3,(H,28,32)(H,29,31). The number of carbonyl (C=O) groups excluding carboxylic acids is 2. The molecule has 2 heterocycles. The largest absolute Gasteiger partial charge is 0.371 e. The summed E-state index contributed by atoms with van der Waals surface area (Å²) < 4.78 is 0. The molecule has 33 heavy (non-hydrogen) atoms. The van der Waals surface area contributed by atoms with Gasteiger partial charge in [0.2, 0.25) is 5.91 Å². The Labute approximate surface area is 198 Å². The molecule has 3 aromatic rings. The first-order valence-corrected chi connectivity index (χ1v) is 12.0. The summed E-state index contributed by atoms with van der Waals surface area (Å²) in [6, 6.07) is 20.9. The molecule has 2 amide bonds. The van der Waals surface area contributed by atoms with Crippen LogP contribution in [0.5, 0.6) is 0 Å². The molecular weight excluding hydrogens is 432 g/mol. The van der Waals surface area contributed by atoms with Crippen molar-refractivity contribution in [1.29, 1.82) is 0 Å². The molecule has 170 valence electrons. The van der Waals surface area contributed by atoms with Crippen LogP contribution in [-0.2, 0) is 4.79 Å². The second-order valence-corrected chi connectivity index (χ2v) is 9.20. The highest BCUT2D eigenvalue weighted by Crippen LogP contribution is 2.28. The van der Waals surface area contributed by atoms with Gasteiger partial charge in [0.1, 0.15) is 5.03 Å². The number of rotatable bonds is 8. The van der Waals surface area contributed by atoms with Crippen molar-refractivity contribution in [2.45, 2.75) is 42.1 Å². The van der Waals surface area contributed by atoms with Crippen molar-refractivity contribution in [2.24, 2.45) is 0 Å². The van der Waals surface area contributed by atoms with Gasteiger partial charge in [0.25, 0.3) is 5.91 Å². The zero-order valence-corrected chi connectivity index (χ0v) is 19.5. The minimum absolute atomic E-state index is 0.133. The normalized spacial score (nSPS) is 14.0. The Kier molecular flexibility index (Phi) is 7.62. The van der Waals surface area contributed by atoms with Crippen LogP contribution in [0.3, 0.4) is 0 Å². The van der Waals surface area contributed by atoms with Gasteiger partial charge in [-0.1, -0.05) is 36.0 Å². The van der Waals surface area contributed by atoms with Crippen molar-refractivity contribution in [3.63, 3.8) is 0 Å². The molecule has 2 aromatic carbocycles. The maximum Gasteiger partial charge on any atom is 0.254 e. The number of nitrogens with zero attached hydrogens (tertiary/aromatic N) is 2. The first-order chi connectivity index (χ1) is 16.1. The van der Waals surface area contributed by atoms with E-state index in [0.29, 0.717) is 10.6 Å². The van der Waals surface area contributed by atoms with Crippen LogP contribution in [0.4, 0.5) is 11.4 Å². The topological polar surface area (TPSA) is 74.3 Å². The molecule has 0 bridgehead atoms. The number of anilines is 2. The molecule has 1 atom stereocenters. The third-order valence-corrected chi connectivity index (χ3v) is 6.47. The molecule has 0 saturated carbocycles. The van der Waals surface area contributed by atoms with Gasteiger partial charge >= 0.3 is 0 Å². The number of aromatic nitrogens is 1. The van der Waals surface area contributed by atoms with E-state index in [1.165, 1.54) is 24.6 Å². The summed E-state index contributed by atoms with van der Waals surface area (Å²) in [7, 11) is 0. The van der Waals surface area contributed by atoms with Crippen molar-refractivity contribution < 1.29 is 9.59 Å². The van der Waals surface area contributed by atoms with E-state index in [-0.39, 0.29) is 24.3 Å². The van der Waals surface area contributed by atoms with Crippen LogP contribution >= 0.6 is 11.8 Å². The third kappa shape index (κ3) is 6.35. The maximum absolute atomic E-state index is 12.9. The summed E-state index contributed by atoms with van der Waals surface area (Å²) in [5, 5.41) is 6.53. The van der Waals surface area contributed by atoms with Gasteiger partial charge in [0.15, 0.2) is 0 Å². The Morgan fingerprint density at radius 2 is 1.82 bits per heavy atom. The number of pyridine rings is 1. The second kappa shape index (κ2) is 11.0. The molecule has 2 N–H and O–H groups in total. The van der Waals surface area contributed by atoms with Gasteiger partial charge in [0, 0.05) is 48.0 Å². The van der Waals surface area contributed by atoms with E-state index in [9.17, 15) is 9.59 Å². The van der Waals surface area contributed by atoms with E-state index < -0.39 is 0 Å². The van der Waals surface area contributed by atoms with E-state index in [4.69, 9.17) is 0 Å². The van der Waals surface area contributed by atoms with Crippen LogP contribution in [0.15, 0.2) is 82.8 Å². The quantitative estimate of drug-likeness (QED) is 0.496. The van der Waals surface area contributed by atoms with Crippen molar-refractivity contribution in [1.82, 2.24) is 10.3 Å². The van der Waals surface area contributed by atoms with Crippen molar-refractivity contribution in [2.75, 3.05) is 23.3 Å². The number of nitrogens with one attached hydrogen (secondary N) is 2. The Morgan fingerprint density at radius 3 is 2.61 bits per heavy atom. The minimum Gasteiger partial charge on any atom is -0.371 e. The van der Waals surface area contributed by atoms with Crippen LogP contribution in [0, 0.1) is 0 Å². The highest BCUT2D eigenvalue weighted by Gasteiger charge is 2.18. The first-order valence-electron chi connectivity index (χ1n) is 11.2. The molecular formula is C26H28N4O2S. The highest BCUT2D eigenvalue weighted by atomic mass is 32.2. The molecule has 0 aliphatic carbocycles. The summed E-state index contributed by atoms with van der Waals surface area (Å²) >= 11 is 1.44. The number of carbonyl (C=O) groups is 2. The van der Waals surface area contributed by atoms with Gasteiger partial charge in [-0.05, 0) is 62.2 Å². The van der Waals surface area contributed by atoms with Gasteiger partial charge in [-0.2, -0.15) is 0 Å². The van der Waals surface area contributed by atoms with E-state index in [0.717, 1.165) is 29.4 Å². The second-order valence-electron chi connectivity index (χ2n) is 8.14. The van der Waals surface area contributed by atoms with Crippen molar-refractivity contribution in [3.8, 4) is 0 Å². The molecule has 0 spiro atoms. The predicted molar refractivity (Wildman–Crippen MR) is 133 cm³/mol. The molecule has 1 saturated heterocycles.